The first-order chi connectivity index (χ1) is 24.3. The smallest absolute Gasteiger partial charge is 0.219 e. The third-order valence-corrected chi connectivity index (χ3v) is 9.67. The number of nitrogens with zero attached hydrogens (tertiary/aromatic N) is 3. The summed E-state index contributed by atoms with van der Waals surface area (Å²) in [6, 6.07) is 59.0. The molecule has 9 aromatic rings. The number of aromatic nitrogens is 1. The van der Waals surface area contributed by atoms with E-state index in [4.69, 9.17) is 6.57 Å². The van der Waals surface area contributed by atoms with Gasteiger partial charge in [-0.1, -0.05) is 146 Å². The number of nitriles is 1. The molecule has 3 heteroatoms. The number of rotatable bonds is 4. The van der Waals surface area contributed by atoms with Crippen LogP contribution in [-0.2, 0) is 0 Å². The largest absolute Gasteiger partial charge is 0.318 e. The van der Waals surface area contributed by atoms with Crippen molar-refractivity contribution in [2.75, 3.05) is 0 Å². The van der Waals surface area contributed by atoms with E-state index in [1.54, 1.807) is 0 Å². The van der Waals surface area contributed by atoms with Gasteiger partial charge in [-0.2, -0.15) is 5.26 Å². The van der Waals surface area contributed by atoms with Gasteiger partial charge in [-0.05, 0) is 73.1 Å². The van der Waals surface area contributed by atoms with Crippen molar-refractivity contribution in [1.82, 2.24) is 4.57 Å². The second kappa shape index (κ2) is 11.4. The van der Waals surface area contributed by atoms with Gasteiger partial charge >= 0.3 is 0 Å². The van der Waals surface area contributed by atoms with E-state index < -0.39 is 0 Å². The Bertz CT molecular complexity index is 2720. The quantitative estimate of drug-likeness (QED) is 0.142. The van der Waals surface area contributed by atoms with Gasteiger partial charge < -0.3 is 4.57 Å². The molecule has 3 nitrogen and oxygen atoms in total. The van der Waals surface area contributed by atoms with Crippen molar-refractivity contribution in [1.29, 1.82) is 5.26 Å². The van der Waals surface area contributed by atoms with Crippen LogP contribution in [0, 0.1) is 17.9 Å². The lowest BCUT2D eigenvalue weighted by molar-refractivity contribution is 1.17. The van der Waals surface area contributed by atoms with Crippen LogP contribution in [0.25, 0.3) is 87.3 Å². The Morgan fingerprint density at radius 3 is 1.37 bits per heavy atom. The summed E-state index contributed by atoms with van der Waals surface area (Å²) in [6.07, 6.45) is 0. The predicted octanol–water partition coefficient (Wildman–Crippen LogP) is 12.5. The summed E-state index contributed by atoms with van der Waals surface area (Å²) in [5.41, 5.74) is 9.94. The average molecular weight is 622 g/mol. The second-order valence-electron chi connectivity index (χ2n) is 12.2. The number of fused-ring (bicyclic) bond motifs is 5. The van der Waals surface area contributed by atoms with Crippen LogP contribution < -0.4 is 0 Å². The maximum Gasteiger partial charge on any atom is 0.219 e. The predicted molar refractivity (Wildman–Crippen MR) is 203 cm³/mol. The molecule has 0 atom stereocenters. The molecule has 49 heavy (non-hydrogen) atoms. The van der Waals surface area contributed by atoms with Gasteiger partial charge in [0.1, 0.15) is 0 Å². The summed E-state index contributed by atoms with van der Waals surface area (Å²) in [6.45, 7) is 8.42. The third-order valence-electron chi connectivity index (χ3n) is 9.67. The van der Waals surface area contributed by atoms with Crippen molar-refractivity contribution in [3.8, 4) is 45.1 Å². The molecule has 0 aliphatic rings. The molecule has 0 radical (unpaired) electrons. The first kappa shape index (κ1) is 28.3. The highest BCUT2D eigenvalue weighted by atomic mass is 15.0. The van der Waals surface area contributed by atoms with Gasteiger partial charge in [-0.3, -0.25) is 0 Å². The Hall–Kier alpha value is -6.94. The van der Waals surface area contributed by atoms with Crippen LogP contribution >= 0.6 is 0 Å². The van der Waals surface area contributed by atoms with Crippen molar-refractivity contribution in [2.24, 2.45) is 0 Å². The van der Waals surface area contributed by atoms with Crippen LogP contribution in [0.1, 0.15) is 5.56 Å². The van der Waals surface area contributed by atoms with Crippen LogP contribution in [-0.4, -0.2) is 4.57 Å². The number of hydrogen-bond donors (Lipinski definition) is 0. The topological polar surface area (TPSA) is 33.1 Å². The Labute approximate surface area is 284 Å². The highest BCUT2D eigenvalue weighted by Crippen LogP contribution is 2.45. The van der Waals surface area contributed by atoms with E-state index in [2.05, 4.69) is 143 Å². The molecule has 0 saturated heterocycles. The fourth-order valence-corrected chi connectivity index (χ4v) is 7.58. The molecule has 1 aromatic heterocycles. The standard InChI is InChI=1S/C46H27N3/c1-48-45-34(28-27-33(29-47)46(45)49-41-21-11-9-15-35(41)36-16-10-12-22-42(36)49)30-23-25-32(26-24-30)44-39-19-7-5-17-37(39)43(31-13-3-2-4-14-31)38-18-6-8-20-40(38)44/h2-28H. The maximum atomic E-state index is 10.3. The van der Waals surface area contributed by atoms with Gasteiger partial charge in [-0.15, -0.1) is 0 Å². The monoisotopic (exact) mass is 621 g/mol. The third kappa shape index (κ3) is 4.35. The van der Waals surface area contributed by atoms with Gasteiger partial charge in [0.15, 0.2) is 0 Å². The Kier molecular flexibility index (Phi) is 6.58. The molecule has 9 rings (SSSR count). The van der Waals surface area contributed by atoms with Gasteiger partial charge in [0, 0.05) is 10.8 Å². The molecule has 0 fully saturated rings. The fourth-order valence-electron chi connectivity index (χ4n) is 7.58. The Morgan fingerprint density at radius 2 is 0.878 bits per heavy atom. The molecule has 0 amide bonds. The molecular weight excluding hydrogens is 595 g/mol. The number of benzene rings is 8. The summed E-state index contributed by atoms with van der Waals surface area (Å²) >= 11 is 0. The normalized spacial score (nSPS) is 11.2. The van der Waals surface area contributed by atoms with Crippen molar-refractivity contribution in [3.63, 3.8) is 0 Å². The molecule has 8 aromatic carbocycles. The van der Waals surface area contributed by atoms with E-state index in [-0.39, 0.29) is 0 Å². The lowest BCUT2D eigenvalue weighted by atomic mass is 9.85. The molecule has 226 valence electrons. The fraction of sp³-hybridized carbons (Fsp3) is 0. The molecule has 0 spiro atoms. The van der Waals surface area contributed by atoms with Crippen molar-refractivity contribution in [2.45, 2.75) is 0 Å². The number of hydrogen-bond acceptors (Lipinski definition) is 1. The minimum Gasteiger partial charge on any atom is -0.318 e. The lowest BCUT2D eigenvalue weighted by Gasteiger charge is -2.18. The molecule has 0 saturated carbocycles. The SMILES string of the molecule is [C-]#[N+]c1c(-c2ccc(-c3c4ccccc4c(-c4ccccc4)c4ccccc34)cc2)ccc(C#N)c1-n1c2ccccc2c2ccccc21. The molecule has 1 heterocycles. The lowest BCUT2D eigenvalue weighted by Crippen LogP contribution is -1.99. The van der Waals surface area contributed by atoms with Gasteiger partial charge in [0.25, 0.3) is 0 Å². The van der Waals surface area contributed by atoms with Crippen LogP contribution in [0.5, 0.6) is 0 Å². The molecule has 0 N–H and O–H groups in total. The van der Waals surface area contributed by atoms with E-state index in [0.717, 1.165) is 38.5 Å². The van der Waals surface area contributed by atoms with Crippen molar-refractivity contribution in [3.05, 3.63) is 181 Å². The van der Waals surface area contributed by atoms with Crippen LogP contribution in [0.4, 0.5) is 5.69 Å². The van der Waals surface area contributed by atoms with Gasteiger partial charge in [-0.25, -0.2) is 4.85 Å². The maximum absolute atomic E-state index is 10.3. The molecule has 0 bridgehead atoms. The summed E-state index contributed by atoms with van der Waals surface area (Å²) in [4.78, 5) is 4.10. The average Bonchev–Trinajstić information content (AvgIpc) is 3.50. The molecular formula is C46H27N3. The zero-order valence-electron chi connectivity index (χ0n) is 26.4. The van der Waals surface area contributed by atoms with E-state index in [1.165, 1.54) is 38.2 Å². The van der Waals surface area contributed by atoms with Crippen LogP contribution in [0.3, 0.4) is 0 Å². The second-order valence-corrected chi connectivity index (χ2v) is 12.2. The van der Waals surface area contributed by atoms with Crippen LogP contribution in [0.2, 0.25) is 0 Å². The molecule has 0 aliphatic heterocycles. The highest BCUT2D eigenvalue weighted by molar-refractivity contribution is 6.21. The Balaban J connectivity index is 1.25. The van der Waals surface area contributed by atoms with Crippen LogP contribution in [0.15, 0.2) is 164 Å². The minimum absolute atomic E-state index is 0.460. The van der Waals surface area contributed by atoms with Crippen molar-refractivity contribution < 1.29 is 0 Å². The van der Waals surface area contributed by atoms with E-state index in [0.29, 0.717) is 16.9 Å². The highest BCUT2D eigenvalue weighted by Gasteiger charge is 2.22. The summed E-state index contributed by atoms with van der Waals surface area (Å²) in [5.74, 6) is 0. The molecule has 0 unspecified atom stereocenters. The van der Waals surface area contributed by atoms with Crippen molar-refractivity contribution >= 4 is 49.0 Å². The molecule has 0 aliphatic carbocycles. The van der Waals surface area contributed by atoms with E-state index >= 15 is 0 Å². The summed E-state index contributed by atoms with van der Waals surface area (Å²) < 4.78 is 2.08. The first-order valence-electron chi connectivity index (χ1n) is 16.3. The van der Waals surface area contributed by atoms with Gasteiger partial charge in [0.2, 0.25) is 5.69 Å². The first-order valence-corrected chi connectivity index (χ1v) is 16.3. The zero-order chi connectivity index (χ0) is 32.9. The summed E-state index contributed by atoms with van der Waals surface area (Å²) in [5, 5.41) is 17.3. The van der Waals surface area contributed by atoms with Gasteiger partial charge in [0.05, 0.1) is 34.9 Å². The summed E-state index contributed by atoms with van der Waals surface area (Å²) in [7, 11) is 0. The minimum atomic E-state index is 0.460. The Morgan fingerprint density at radius 1 is 0.449 bits per heavy atom. The number of para-hydroxylation sites is 2. The van der Waals surface area contributed by atoms with E-state index in [9.17, 15) is 5.26 Å². The van der Waals surface area contributed by atoms with E-state index in [1.807, 2.05) is 36.4 Å². The zero-order valence-corrected chi connectivity index (χ0v) is 26.4.